The molecule has 1 unspecified atom stereocenters. The summed E-state index contributed by atoms with van der Waals surface area (Å²) in [6.07, 6.45) is 1.86. The van der Waals surface area contributed by atoms with Crippen molar-refractivity contribution in [1.29, 1.82) is 0 Å². The number of rotatable bonds is 6. The van der Waals surface area contributed by atoms with Crippen LogP contribution in [-0.2, 0) is 9.59 Å². The van der Waals surface area contributed by atoms with Crippen molar-refractivity contribution in [3.05, 3.63) is 12.7 Å². The first kappa shape index (κ1) is 11.7. The van der Waals surface area contributed by atoms with Crippen molar-refractivity contribution in [3.8, 4) is 0 Å². The van der Waals surface area contributed by atoms with Crippen molar-refractivity contribution >= 4 is 11.9 Å². The summed E-state index contributed by atoms with van der Waals surface area (Å²) < 4.78 is 0. The molecule has 0 aliphatic rings. The van der Waals surface area contributed by atoms with Gasteiger partial charge in [-0.3, -0.25) is 9.59 Å². The van der Waals surface area contributed by atoms with Crippen molar-refractivity contribution in [2.75, 3.05) is 6.54 Å². The van der Waals surface area contributed by atoms with Crippen LogP contribution < -0.4 is 5.32 Å². The number of carbonyl (C=O) groups excluding carboxylic acids is 1. The number of hydrogen-bond acceptors (Lipinski definition) is 2. The number of amides is 1. The zero-order chi connectivity index (χ0) is 10.3. The zero-order valence-electron chi connectivity index (χ0n) is 7.75. The van der Waals surface area contributed by atoms with Crippen LogP contribution in [0.1, 0.15) is 19.8 Å². The molecule has 0 aromatic heterocycles. The summed E-state index contributed by atoms with van der Waals surface area (Å²) in [5.41, 5.74) is 0. The fourth-order valence-electron chi connectivity index (χ4n) is 0.945. The molecule has 0 aromatic carbocycles. The lowest BCUT2D eigenvalue weighted by Gasteiger charge is -2.07. The van der Waals surface area contributed by atoms with E-state index in [1.54, 1.807) is 13.0 Å². The minimum atomic E-state index is -0.871. The number of hydrogen-bond donors (Lipinski definition) is 2. The zero-order valence-corrected chi connectivity index (χ0v) is 7.75. The van der Waals surface area contributed by atoms with E-state index in [0.717, 1.165) is 0 Å². The van der Waals surface area contributed by atoms with Crippen LogP contribution in [0.5, 0.6) is 0 Å². The predicted octanol–water partition coefficient (Wildman–Crippen LogP) is 0.790. The van der Waals surface area contributed by atoms with Gasteiger partial charge in [0.1, 0.15) is 0 Å². The van der Waals surface area contributed by atoms with Gasteiger partial charge >= 0.3 is 5.97 Å². The van der Waals surface area contributed by atoms with Crippen LogP contribution in [0.2, 0.25) is 0 Å². The van der Waals surface area contributed by atoms with Gasteiger partial charge in [0.15, 0.2) is 0 Å². The Morgan fingerprint density at radius 2 is 2.15 bits per heavy atom. The van der Waals surface area contributed by atoms with Gasteiger partial charge in [0.05, 0.1) is 0 Å². The van der Waals surface area contributed by atoms with E-state index in [0.29, 0.717) is 6.54 Å². The van der Waals surface area contributed by atoms with Gasteiger partial charge in [-0.05, 0) is 5.92 Å². The molecule has 0 saturated carbocycles. The molecule has 2 N–H and O–H groups in total. The highest BCUT2D eigenvalue weighted by atomic mass is 16.4. The molecule has 0 aromatic rings. The molecule has 0 spiro atoms. The standard InChI is InChI=1S/C9H15NO3/c1-3-4-10-8(11)5-7(2)6-9(12)13/h3,7H,1,4-6H2,2H3,(H,10,11)(H,12,13). The maximum atomic E-state index is 11.0. The molecule has 0 bridgehead atoms. The SMILES string of the molecule is C=CCNC(=O)CC(C)CC(=O)O. The van der Waals surface area contributed by atoms with E-state index in [9.17, 15) is 9.59 Å². The first-order valence-electron chi connectivity index (χ1n) is 4.15. The van der Waals surface area contributed by atoms with Crippen molar-refractivity contribution in [2.45, 2.75) is 19.8 Å². The Kier molecular flexibility index (Phi) is 5.59. The van der Waals surface area contributed by atoms with Crippen molar-refractivity contribution in [1.82, 2.24) is 5.32 Å². The molecule has 0 saturated heterocycles. The predicted molar refractivity (Wildman–Crippen MR) is 49.2 cm³/mol. The molecular formula is C9H15NO3. The van der Waals surface area contributed by atoms with Crippen molar-refractivity contribution < 1.29 is 14.7 Å². The van der Waals surface area contributed by atoms with Gasteiger partial charge in [-0.1, -0.05) is 13.0 Å². The third-order valence-electron chi connectivity index (χ3n) is 1.50. The third kappa shape index (κ3) is 7.05. The number of carboxylic acids is 1. The smallest absolute Gasteiger partial charge is 0.303 e. The minimum Gasteiger partial charge on any atom is -0.481 e. The average molecular weight is 185 g/mol. The van der Waals surface area contributed by atoms with E-state index < -0.39 is 5.97 Å². The van der Waals surface area contributed by atoms with E-state index in [-0.39, 0.29) is 24.7 Å². The molecule has 0 radical (unpaired) electrons. The van der Waals surface area contributed by atoms with Crippen LogP contribution in [0, 0.1) is 5.92 Å². The van der Waals surface area contributed by atoms with Crippen LogP contribution in [0.25, 0.3) is 0 Å². The van der Waals surface area contributed by atoms with E-state index in [1.165, 1.54) is 0 Å². The van der Waals surface area contributed by atoms with Crippen LogP contribution in [-0.4, -0.2) is 23.5 Å². The molecule has 0 heterocycles. The fraction of sp³-hybridized carbons (Fsp3) is 0.556. The summed E-state index contributed by atoms with van der Waals surface area (Å²) in [7, 11) is 0. The number of carboxylic acid groups (broad SMARTS) is 1. The molecule has 4 nitrogen and oxygen atoms in total. The summed E-state index contributed by atoms with van der Waals surface area (Å²) >= 11 is 0. The van der Waals surface area contributed by atoms with Crippen LogP contribution in [0.4, 0.5) is 0 Å². The molecule has 13 heavy (non-hydrogen) atoms. The van der Waals surface area contributed by atoms with Crippen molar-refractivity contribution in [2.24, 2.45) is 5.92 Å². The quantitative estimate of drug-likeness (QED) is 0.601. The topological polar surface area (TPSA) is 66.4 Å². The number of carbonyl (C=O) groups is 2. The maximum Gasteiger partial charge on any atom is 0.303 e. The van der Waals surface area contributed by atoms with Gasteiger partial charge in [-0.25, -0.2) is 0 Å². The Bertz CT molecular complexity index is 201. The number of aliphatic carboxylic acids is 1. The molecule has 0 aliphatic carbocycles. The van der Waals surface area contributed by atoms with Crippen LogP contribution in [0.15, 0.2) is 12.7 Å². The second-order valence-corrected chi connectivity index (χ2v) is 3.00. The molecule has 1 atom stereocenters. The Morgan fingerprint density at radius 3 is 2.62 bits per heavy atom. The van der Waals surface area contributed by atoms with Gasteiger partial charge < -0.3 is 10.4 Å². The third-order valence-corrected chi connectivity index (χ3v) is 1.50. The molecule has 1 amide bonds. The summed E-state index contributed by atoms with van der Waals surface area (Å²) in [4.78, 5) is 21.3. The summed E-state index contributed by atoms with van der Waals surface area (Å²) in [6, 6.07) is 0. The first-order valence-corrected chi connectivity index (χ1v) is 4.15. The molecule has 74 valence electrons. The van der Waals surface area contributed by atoms with Crippen molar-refractivity contribution in [3.63, 3.8) is 0 Å². The average Bonchev–Trinajstić information content (AvgIpc) is 1.98. The lowest BCUT2D eigenvalue weighted by Crippen LogP contribution is -2.25. The van der Waals surface area contributed by atoms with Crippen LogP contribution in [0.3, 0.4) is 0 Å². The maximum absolute atomic E-state index is 11.0. The van der Waals surface area contributed by atoms with E-state index >= 15 is 0 Å². The highest BCUT2D eigenvalue weighted by Gasteiger charge is 2.11. The summed E-state index contributed by atoms with van der Waals surface area (Å²) in [6.45, 7) is 5.62. The minimum absolute atomic E-state index is 0.0293. The normalized spacial score (nSPS) is 11.8. The molecular weight excluding hydrogens is 170 g/mol. The second kappa shape index (κ2) is 6.22. The van der Waals surface area contributed by atoms with Gasteiger partial charge in [-0.2, -0.15) is 0 Å². The van der Waals surface area contributed by atoms with Gasteiger partial charge in [0, 0.05) is 19.4 Å². The van der Waals surface area contributed by atoms with Gasteiger partial charge in [0.2, 0.25) is 5.91 Å². The summed E-state index contributed by atoms with van der Waals surface area (Å²) in [5, 5.41) is 11.0. The lowest BCUT2D eigenvalue weighted by atomic mass is 10.0. The Balaban J connectivity index is 3.64. The van der Waals surface area contributed by atoms with Crippen LogP contribution >= 0.6 is 0 Å². The van der Waals surface area contributed by atoms with E-state index in [2.05, 4.69) is 11.9 Å². The first-order chi connectivity index (χ1) is 6.06. The summed E-state index contributed by atoms with van der Waals surface area (Å²) in [5.74, 6) is -1.13. The molecule has 4 heteroatoms. The molecule has 0 rings (SSSR count). The van der Waals surface area contributed by atoms with Gasteiger partial charge in [0.25, 0.3) is 0 Å². The lowest BCUT2D eigenvalue weighted by molar-refractivity contribution is -0.138. The monoisotopic (exact) mass is 185 g/mol. The Morgan fingerprint density at radius 1 is 1.54 bits per heavy atom. The molecule has 0 fully saturated rings. The largest absolute Gasteiger partial charge is 0.481 e. The highest BCUT2D eigenvalue weighted by molar-refractivity contribution is 5.77. The fourth-order valence-corrected chi connectivity index (χ4v) is 0.945. The molecule has 0 aliphatic heterocycles. The van der Waals surface area contributed by atoms with Gasteiger partial charge in [-0.15, -0.1) is 6.58 Å². The Labute approximate surface area is 77.6 Å². The highest BCUT2D eigenvalue weighted by Crippen LogP contribution is 2.06. The number of nitrogens with one attached hydrogen (secondary N) is 1. The second-order valence-electron chi connectivity index (χ2n) is 3.00. The van der Waals surface area contributed by atoms with E-state index in [1.807, 2.05) is 0 Å². The van der Waals surface area contributed by atoms with E-state index in [4.69, 9.17) is 5.11 Å². The Hall–Kier alpha value is -1.32.